The minimum Gasteiger partial charge on any atom is -0.369 e. The number of benzene rings is 2. The number of hydrogen-bond acceptors (Lipinski definition) is 7. The van der Waals surface area contributed by atoms with Gasteiger partial charge in [0.15, 0.2) is 5.65 Å². The smallest absolute Gasteiger partial charge is 0.330 e. The number of aromatic nitrogens is 4. The van der Waals surface area contributed by atoms with Crippen LogP contribution in [0.1, 0.15) is 11.1 Å². The molecule has 1 aliphatic rings. The minimum absolute atomic E-state index is 0.184. The zero-order valence-corrected chi connectivity index (χ0v) is 19.3. The SMILES string of the molecule is Cc1cc(Nc2ncc3c(=O)n(Cc4ccccc4)c(=O)[nH]c3n2)ccc1N1CCN(C)CC1. The Balaban J connectivity index is 1.38. The van der Waals surface area contributed by atoms with Crippen LogP contribution in [0.2, 0.25) is 0 Å². The molecule has 0 unspecified atom stereocenters. The van der Waals surface area contributed by atoms with Gasteiger partial charge in [0.2, 0.25) is 5.95 Å². The Hall–Kier alpha value is -3.98. The molecule has 3 heterocycles. The first kappa shape index (κ1) is 21.8. The number of fused-ring (bicyclic) bond motifs is 1. The second-order valence-corrected chi connectivity index (χ2v) is 8.68. The number of hydrogen-bond donors (Lipinski definition) is 2. The van der Waals surface area contributed by atoms with Gasteiger partial charge < -0.3 is 15.1 Å². The first-order chi connectivity index (χ1) is 16.5. The molecule has 9 heteroatoms. The summed E-state index contributed by atoms with van der Waals surface area (Å²) in [5.41, 5.74) is 3.38. The maximum absolute atomic E-state index is 12.9. The molecule has 1 saturated heterocycles. The van der Waals surface area contributed by atoms with E-state index in [9.17, 15) is 9.59 Å². The maximum atomic E-state index is 12.9. The quantitative estimate of drug-likeness (QED) is 0.475. The molecule has 0 saturated carbocycles. The highest BCUT2D eigenvalue weighted by molar-refractivity contribution is 5.74. The van der Waals surface area contributed by atoms with Gasteiger partial charge in [-0.15, -0.1) is 0 Å². The van der Waals surface area contributed by atoms with Gasteiger partial charge in [0, 0.05) is 43.8 Å². The van der Waals surface area contributed by atoms with Crippen molar-refractivity contribution < 1.29 is 0 Å². The molecule has 9 nitrogen and oxygen atoms in total. The monoisotopic (exact) mass is 457 g/mol. The molecule has 5 rings (SSSR count). The predicted molar refractivity (Wildman–Crippen MR) is 134 cm³/mol. The van der Waals surface area contributed by atoms with Crippen LogP contribution in [0, 0.1) is 6.92 Å². The van der Waals surface area contributed by atoms with E-state index in [2.05, 4.69) is 56.2 Å². The Morgan fingerprint density at radius 1 is 1.03 bits per heavy atom. The van der Waals surface area contributed by atoms with E-state index in [1.807, 2.05) is 36.4 Å². The fourth-order valence-corrected chi connectivity index (χ4v) is 4.27. The van der Waals surface area contributed by atoms with Gasteiger partial charge in [-0.3, -0.25) is 14.3 Å². The first-order valence-electron chi connectivity index (χ1n) is 11.3. The third kappa shape index (κ3) is 4.42. The molecule has 4 aromatic rings. The van der Waals surface area contributed by atoms with Crippen molar-refractivity contribution in [3.8, 4) is 0 Å². The largest absolute Gasteiger partial charge is 0.369 e. The lowest BCUT2D eigenvalue weighted by atomic mass is 10.1. The average molecular weight is 458 g/mol. The van der Waals surface area contributed by atoms with Crippen LogP contribution < -0.4 is 21.5 Å². The van der Waals surface area contributed by atoms with Crippen LogP contribution in [0.25, 0.3) is 11.0 Å². The van der Waals surface area contributed by atoms with E-state index >= 15 is 0 Å². The molecule has 1 aliphatic heterocycles. The predicted octanol–water partition coefficient (Wildman–Crippen LogP) is 2.33. The van der Waals surface area contributed by atoms with Gasteiger partial charge in [-0.05, 0) is 43.3 Å². The molecule has 2 aromatic carbocycles. The number of aromatic amines is 1. The minimum atomic E-state index is -0.502. The fraction of sp³-hybridized carbons (Fsp3) is 0.280. The Morgan fingerprint density at radius 2 is 1.79 bits per heavy atom. The van der Waals surface area contributed by atoms with Crippen molar-refractivity contribution in [2.75, 3.05) is 43.4 Å². The van der Waals surface area contributed by atoms with Crippen molar-refractivity contribution >= 4 is 28.4 Å². The standard InChI is InChI=1S/C25H27N7O2/c1-17-14-19(8-9-21(17)31-12-10-30(2)11-13-31)27-24-26-15-20-22(28-24)29-25(34)32(23(20)33)16-18-6-4-3-5-7-18/h3-9,14-15H,10-13,16H2,1-2H3,(H2,26,27,28,29,34). The first-order valence-corrected chi connectivity index (χ1v) is 11.3. The molecule has 0 amide bonds. The second-order valence-electron chi connectivity index (χ2n) is 8.68. The fourth-order valence-electron chi connectivity index (χ4n) is 4.27. The van der Waals surface area contributed by atoms with E-state index in [1.165, 1.54) is 11.9 Å². The molecule has 2 N–H and O–H groups in total. The van der Waals surface area contributed by atoms with Gasteiger partial charge in [0.25, 0.3) is 5.56 Å². The van der Waals surface area contributed by atoms with Crippen LogP contribution in [0.5, 0.6) is 0 Å². The van der Waals surface area contributed by atoms with E-state index in [0.29, 0.717) is 5.95 Å². The molecule has 0 aliphatic carbocycles. The van der Waals surface area contributed by atoms with Crippen LogP contribution in [0.3, 0.4) is 0 Å². The van der Waals surface area contributed by atoms with Crippen LogP contribution >= 0.6 is 0 Å². The average Bonchev–Trinajstić information content (AvgIpc) is 2.83. The van der Waals surface area contributed by atoms with E-state index in [-0.39, 0.29) is 17.6 Å². The lowest BCUT2D eigenvalue weighted by Gasteiger charge is -2.35. The van der Waals surface area contributed by atoms with Crippen LogP contribution in [-0.2, 0) is 6.54 Å². The number of H-pyrrole nitrogens is 1. The summed E-state index contributed by atoms with van der Waals surface area (Å²) in [4.78, 5) is 41.7. The summed E-state index contributed by atoms with van der Waals surface area (Å²) in [5.74, 6) is 0.315. The highest BCUT2D eigenvalue weighted by Gasteiger charge is 2.16. The number of aryl methyl sites for hydroxylation is 1. The van der Waals surface area contributed by atoms with Gasteiger partial charge in [0.1, 0.15) is 5.39 Å². The summed E-state index contributed by atoms with van der Waals surface area (Å²) in [6.07, 6.45) is 1.45. The zero-order chi connectivity index (χ0) is 23.7. The molecule has 0 bridgehead atoms. The van der Waals surface area contributed by atoms with Crippen molar-refractivity contribution in [1.29, 1.82) is 0 Å². The molecule has 2 aromatic heterocycles. The van der Waals surface area contributed by atoms with Gasteiger partial charge >= 0.3 is 5.69 Å². The summed E-state index contributed by atoms with van der Waals surface area (Å²) in [6, 6.07) is 15.5. The van der Waals surface area contributed by atoms with E-state index in [4.69, 9.17) is 0 Å². The Morgan fingerprint density at radius 3 is 2.53 bits per heavy atom. The highest BCUT2D eigenvalue weighted by Crippen LogP contribution is 2.26. The van der Waals surface area contributed by atoms with Crippen LogP contribution in [0.15, 0.2) is 64.3 Å². The Bertz CT molecular complexity index is 1440. The molecular weight excluding hydrogens is 430 g/mol. The molecular formula is C25H27N7O2. The number of piperazine rings is 1. The molecule has 0 atom stereocenters. The number of likely N-dealkylation sites (N-methyl/N-ethyl adjacent to an activating group) is 1. The number of nitrogens with zero attached hydrogens (tertiary/aromatic N) is 5. The van der Waals surface area contributed by atoms with Crippen LogP contribution in [0.4, 0.5) is 17.3 Å². The maximum Gasteiger partial charge on any atom is 0.330 e. The zero-order valence-electron chi connectivity index (χ0n) is 19.3. The lowest BCUT2D eigenvalue weighted by Crippen LogP contribution is -2.44. The van der Waals surface area contributed by atoms with Crippen molar-refractivity contribution in [3.63, 3.8) is 0 Å². The Kier molecular flexibility index (Phi) is 5.85. The second kappa shape index (κ2) is 9.11. The topological polar surface area (TPSA) is 99.1 Å². The van der Waals surface area contributed by atoms with Crippen LogP contribution in [-0.4, -0.2) is 57.6 Å². The molecule has 34 heavy (non-hydrogen) atoms. The van der Waals surface area contributed by atoms with E-state index < -0.39 is 11.2 Å². The van der Waals surface area contributed by atoms with Gasteiger partial charge in [-0.25, -0.2) is 9.78 Å². The number of nitrogens with one attached hydrogen (secondary N) is 2. The summed E-state index contributed by atoms with van der Waals surface area (Å²) in [5, 5.41) is 3.45. The molecule has 0 spiro atoms. The van der Waals surface area contributed by atoms with E-state index in [0.717, 1.165) is 47.6 Å². The van der Waals surface area contributed by atoms with Gasteiger partial charge in [-0.1, -0.05) is 30.3 Å². The third-order valence-electron chi connectivity index (χ3n) is 6.22. The third-order valence-corrected chi connectivity index (χ3v) is 6.22. The number of rotatable bonds is 5. The normalized spacial score (nSPS) is 14.5. The number of anilines is 3. The van der Waals surface area contributed by atoms with Crippen molar-refractivity contribution in [3.05, 3.63) is 86.7 Å². The molecule has 1 fully saturated rings. The summed E-state index contributed by atoms with van der Waals surface area (Å²) in [7, 11) is 2.15. The summed E-state index contributed by atoms with van der Waals surface area (Å²) < 4.78 is 1.16. The van der Waals surface area contributed by atoms with Crippen molar-refractivity contribution in [2.45, 2.75) is 13.5 Å². The lowest BCUT2D eigenvalue weighted by molar-refractivity contribution is 0.312. The highest BCUT2D eigenvalue weighted by atomic mass is 16.2. The van der Waals surface area contributed by atoms with E-state index in [1.54, 1.807) is 0 Å². The molecule has 0 radical (unpaired) electrons. The molecule has 174 valence electrons. The van der Waals surface area contributed by atoms with Gasteiger partial charge in [-0.2, -0.15) is 4.98 Å². The summed E-state index contributed by atoms with van der Waals surface area (Å²) >= 11 is 0. The van der Waals surface area contributed by atoms with Crippen molar-refractivity contribution in [1.82, 2.24) is 24.4 Å². The van der Waals surface area contributed by atoms with Gasteiger partial charge in [0.05, 0.1) is 6.54 Å². The van der Waals surface area contributed by atoms with Crippen molar-refractivity contribution in [2.24, 2.45) is 0 Å². The summed E-state index contributed by atoms with van der Waals surface area (Å²) in [6.45, 7) is 6.39. The Labute approximate surface area is 196 Å².